The summed E-state index contributed by atoms with van der Waals surface area (Å²) in [6.45, 7) is 2.92. The Morgan fingerprint density at radius 1 is 1.22 bits per heavy atom. The lowest BCUT2D eigenvalue weighted by Crippen LogP contribution is -2.47. The number of rotatable bonds is 5. The maximum atomic E-state index is 13.7. The molecular weight excluding hydrogens is 319 g/mol. The average Bonchev–Trinajstić information content (AvgIpc) is 3.06. The van der Waals surface area contributed by atoms with Crippen molar-refractivity contribution in [3.63, 3.8) is 0 Å². The molecule has 0 radical (unpaired) electrons. The molecule has 2 saturated heterocycles. The maximum Gasteiger partial charge on any atom is 0.217 e. The lowest BCUT2D eigenvalue weighted by Gasteiger charge is -2.32. The molecule has 1 N–H and O–H groups in total. The van der Waals surface area contributed by atoms with E-state index in [0.29, 0.717) is 31.7 Å². The maximum absolute atomic E-state index is 13.7. The van der Waals surface area contributed by atoms with Crippen LogP contribution in [0.15, 0.2) is 24.3 Å². The van der Waals surface area contributed by atoms with Gasteiger partial charge in [-0.25, -0.2) is 17.5 Å². The lowest BCUT2D eigenvalue weighted by molar-refractivity contribution is 0.195. The normalized spacial score (nSPS) is 24.1. The van der Waals surface area contributed by atoms with E-state index >= 15 is 0 Å². The van der Waals surface area contributed by atoms with E-state index in [2.05, 4.69) is 9.62 Å². The van der Waals surface area contributed by atoms with Crippen LogP contribution in [0.3, 0.4) is 0 Å². The van der Waals surface area contributed by atoms with E-state index in [1.54, 1.807) is 12.1 Å². The van der Waals surface area contributed by atoms with Crippen LogP contribution in [0.4, 0.5) is 4.39 Å². The molecule has 0 spiro atoms. The smallest absolute Gasteiger partial charge is 0.217 e. The Morgan fingerprint density at radius 2 is 1.96 bits per heavy atom. The van der Waals surface area contributed by atoms with Gasteiger partial charge in [-0.2, -0.15) is 0 Å². The van der Waals surface area contributed by atoms with Gasteiger partial charge in [0.25, 0.3) is 0 Å². The first kappa shape index (κ1) is 16.8. The van der Waals surface area contributed by atoms with E-state index < -0.39 is 15.3 Å². The number of benzene rings is 1. The quantitative estimate of drug-likeness (QED) is 0.881. The molecular formula is C16H23FN2O3S. The summed E-state index contributed by atoms with van der Waals surface area (Å²) in [4.78, 5) is 2.17. The van der Waals surface area contributed by atoms with Gasteiger partial charge in [-0.1, -0.05) is 18.2 Å². The van der Waals surface area contributed by atoms with E-state index in [1.165, 1.54) is 6.07 Å². The van der Waals surface area contributed by atoms with Crippen LogP contribution in [0.1, 0.15) is 24.8 Å². The third-order valence-corrected chi connectivity index (χ3v) is 6.51. The van der Waals surface area contributed by atoms with Crippen molar-refractivity contribution in [3.8, 4) is 0 Å². The van der Waals surface area contributed by atoms with Gasteiger partial charge in [-0.3, -0.25) is 4.90 Å². The molecule has 0 aromatic heterocycles. The highest BCUT2D eigenvalue weighted by molar-refractivity contribution is 7.90. The molecule has 2 aliphatic heterocycles. The summed E-state index contributed by atoms with van der Waals surface area (Å²) in [6, 6.07) is 6.76. The molecule has 0 aliphatic carbocycles. The van der Waals surface area contributed by atoms with Crippen LogP contribution < -0.4 is 4.72 Å². The zero-order chi connectivity index (χ0) is 16.3. The van der Waals surface area contributed by atoms with Crippen LogP contribution in [0, 0.1) is 5.82 Å². The van der Waals surface area contributed by atoms with Crippen LogP contribution in [0.25, 0.3) is 0 Å². The minimum Gasteiger partial charge on any atom is -0.380 e. The van der Waals surface area contributed by atoms with Gasteiger partial charge >= 0.3 is 0 Å². The summed E-state index contributed by atoms with van der Waals surface area (Å²) in [6.07, 6.45) is 2.07. The fourth-order valence-electron chi connectivity index (χ4n) is 3.16. The monoisotopic (exact) mass is 342 g/mol. The van der Waals surface area contributed by atoms with Crippen molar-refractivity contribution >= 4 is 10.0 Å². The summed E-state index contributed by atoms with van der Waals surface area (Å²) >= 11 is 0. The van der Waals surface area contributed by atoms with Crippen molar-refractivity contribution in [1.82, 2.24) is 9.62 Å². The molecule has 128 valence electrons. The van der Waals surface area contributed by atoms with Crippen LogP contribution in [-0.2, 0) is 21.3 Å². The van der Waals surface area contributed by atoms with Crippen LogP contribution in [0.2, 0.25) is 0 Å². The molecule has 5 nitrogen and oxygen atoms in total. The SMILES string of the molecule is O=S(=O)(NC1CCN(Cc2ccccc2F)CC1)[C@@H]1CCOC1. The summed E-state index contributed by atoms with van der Waals surface area (Å²) in [7, 11) is -3.30. The van der Waals surface area contributed by atoms with Crippen molar-refractivity contribution in [2.24, 2.45) is 0 Å². The van der Waals surface area contributed by atoms with Gasteiger partial charge in [-0.15, -0.1) is 0 Å². The summed E-state index contributed by atoms with van der Waals surface area (Å²) in [5.74, 6) is -0.184. The first-order valence-electron chi connectivity index (χ1n) is 8.09. The summed E-state index contributed by atoms with van der Waals surface area (Å²) in [5.41, 5.74) is 0.689. The molecule has 2 aliphatic rings. The van der Waals surface area contributed by atoms with Crippen LogP contribution in [-0.4, -0.2) is 50.9 Å². The van der Waals surface area contributed by atoms with E-state index in [4.69, 9.17) is 4.74 Å². The third kappa shape index (κ3) is 4.29. The molecule has 2 heterocycles. The molecule has 3 rings (SSSR count). The molecule has 2 fully saturated rings. The zero-order valence-corrected chi connectivity index (χ0v) is 13.9. The Kier molecular flexibility index (Phi) is 5.31. The highest BCUT2D eigenvalue weighted by Gasteiger charge is 2.32. The second kappa shape index (κ2) is 7.25. The topological polar surface area (TPSA) is 58.6 Å². The van der Waals surface area contributed by atoms with Crippen molar-refractivity contribution < 1.29 is 17.5 Å². The van der Waals surface area contributed by atoms with Crippen LogP contribution >= 0.6 is 0 Å². The predicted molar refractivity (Wildman–Crippen MR) is 86.0 cm³/mol. The number of nitrogens with zero attached hydrogens (tertiary/aromatic N) is 1. The van der Waals surface area contributed by atoms with Gasteiger partial charge in [-0.05, 0) is 25.3 Å². The Labute approximate surface area is 136 Å². The molecule has 0 saturated carbocycles. The average molecular weight is 342 g/mol. The second-order valence-corrected chi connectivity index (χ2v) is 8.28. The van der Waals surface area contributed by atoms with Crippen molar-refractivity contribution in [1.29, 1.82) is 0 Å². The predicted octanol–water partition coefficient (Wildman–Crippen LogP) is 1.50. The third-order valence-electron chi connectivity index (χ3n) is 4.60. The van der Waals surface area contributed by atoms with Gasteiger partial charge in [0, 0.05) is 37.8 Å². The number of hydrogen-bond acceptors (Lipinski definition) is 4. The Bertz CT molecular complexity index is 624. The van der Waals surface area contributed by atoms with E-state index in [-0.39, 0.29) is 11.9 Å². The molecule has 0 bridgehead atoms. The van der Waals surface area contributed by atoms with Gasteiger partial charge in [0.1, 0.15) is 11.1 Å². The first-order valence-corrected chi connectivity index (χ1v) is 9.64. The number of piperidine rings is 1. The zero-order valence-electron chi connectivity index (χ0n) is 13.1. The van der Waals surface area contributed by atoms with E-state index in [9.17, 15) is 12.8 Å². The number of likely N-dealkylation sites (tertiary alicyclic amines) is 1. The molecule has 1 aromatic carbocycles. The van der Waals surface area contributed by atoms with Gasteiger partial charge in [0.15, 0.2) is 0 Å². The number of halogens is 1. The highest BCUT2D eigenvalue weighted by Crippen LogP contribution is 2.18. The summed E-state index contributed by atoms with van der Waals surface area (Å²) in [5, 5.41) is -0.418. The molecule has 0 unspecified atom stereocenters. The molecule has 7 heteroatoms. The number of nitrogens with one attached hydrogen (secondary N) is 1. The second-order valence-electron chi connectivity index (χ2n) is 6.29. The van der Waals surface area contributed by atoms with Crippen LogP contribution in [0.5, 0.6) is 0 Å². The fourth-order valence-corrected chi connectivity index (χ4v) is 4.74. The molecule has 23 heavy (non-hydrogen) atoms. The first-order chi connectivity index (χ1) is 11.0. The number of sulfonamides is 1. The van der Waals surface area contributed by atoms with Crippen molar-refractivity contribution in [3.05, 3.63) is 35.6 Å². The minimum atomic E-state index is -3.30. The van der Waals surface area contributed by atoms with Gasteiger partial charge in [0.05, 0.1) is 6.61 Å². The minimum absolute atomic E-state index is 0.0301. The Morgan fingerprint density at radius 3 is 2.61 bits per heavy atom. The van der Waals surface area contributed by atoms with Gasteiger partial charge < -0.3 is 4.74 Å². The van der Waals surface area contributed by atoms with E-state index in [1.807, 2.05) is 6.07 Å². The standard InChI is InChI=1S/C16H23FN2O3S/c17-16-4-2-1-3-13(16)11-19-8-5-14(6-9-19)18-23(20,21)15-7-10-22-12-15/h1-4,14-15,18H,5-12H2/t15-/m1/s1. The molecule has 1 atom stereocenters. The lowest BCUT2D eigenvalue weighted by atomic mass is 10.1. The fraction of sp³-hybridized carbons (Fsp3) is 0.625. The van der Waals surface area contributed by atoms with Crippen molar-refractivity contribution in [2.75, 3.05) is 26.3 Å². The summed E-state index contributed by atoms with van der Waals surface area (Å²) < 4.78 is 46.2. The largest absolute Gasteiger partial charge is 0.380 e. The molecule has 0 amide bonds. The number of ether oxygens (including phenoxy) is 1. The number of hydrogen-bond donors (Lipinski definition) is 1. The Hall–Kier alpha value is -1.02. The highest BCUT2D eigenvalue weighted by atomic mass is 32.2. The molecule has 1 aromatic rings. The van der Waals surface area contributed by atoms with Gasteiger partial charge in [0.2, 0.25) is 10.0 Å². The Balaban J connectivity index is 1.49. The van der Waals surface area contributed by atoms with E-state index in [0.717, 1.165) is 25.9 Å². The van der Waals surface area contributed by atoms with Crippen molar-refractivity contribution in [2.45, 2.75) is 37.1 Å².